The van der Waals surface area contributed by atoms with Gasteiger partial charge in [0, 0.05) is 29.6 Å². The van der Waals surface area contributed by atoms with Crippen LogP contribution in [-0.2, 0) is 6.61 Å². The molecule has 0 aliphatic rings. The van der Waals surface area contributed by atoms with Crippen LogP contribution in [0.2, 0.25) is 0 Å². The molecule has 0 radical (unpaired) electrons. The molecule has 0 bridgehead atoms. The van der Waals surface area contributed by atoms with E-state index in [1.165, 1.54) is 0 Å². The van der Waals surface area contributed by atoms with Crippen molar-refractivity contribution in [2.45, 2.75) is 20.5 Å². The quantitative estimate of drug-likeness (QED) is 0.643. The Labute approximate surface area is 171 Å². The summed E-state index contributed by atoms with van der Waals surface area (Å²) in [6, 6.07) is 8.26. The van der Waals surface area contributed by atoms with Gasteiger partial charge in [-0.2, -0.15) is 0 Å². The second-order valence-corrected chi connectivity index (χ2v) is 6.72. The number of carbonyl (C=O) groups is 2. The van der Waals surface area contributed by atoms with Gasteiger partial charge < -0.3 is 15.8 Å². The SMILES string of the molecule is Cc1cc(C(=O)Nc2cc(C(N)=O)c(F)cc2F)cc(C)c1OCc1cccnc1. The summed E-state index contributed by atoms with van der Waals surface area (Å²) in [5, 5.41) is 2.34. The third-order valence-electron chi connectivity index (χ3n) is 4.40. The predicted octanol–water partition coefficient (Wildman–Crippen LogP) is 3.91. The number of aromatic nitrogens is 1. The summed E-state index contributed by atoms with van der Waals surface area (Å²) in [5.74, 6) is -3.18. The molecule has 1 heterocycles. The Balaban J connectivity index is 1.80. The summed E-state index contributed by atoms with van der Waals surface area (Å²) in [6.07, 6.45) is 3.37. The number of hydrogen-bond acceptors (Lipinski definition) is 4. The average Bonchev–Trinajstić information content (AvgIpc) is 2.69. The molecule has 2 aromatic carbocycles. The van der Waals surface area contributed by atoms with Crippen LogP contribution in [0.1, 0.15) is 37.4 Å². The van der Waals surface area contributed by atoms with E-state index in [9.17, 15) is 18.4 Å². The summed E-state index contributed by atoms with van der Waals surface area (Å²) < 4.78 is 33.5. The number of benzene rings is 2. The fourth-order valence-electron chi connectivity index (χ4n) is 2.98. The molecule has 30 heavy (non-hydrogen) atoms. The Kier molecular flexibility index (Phi) is 6.06. The fraction of sp³-hybridized carbons (Fsp3) is 0.136. The average molecular weight is 411 g/mol. The Bertz CT molecular complexity index is 1100. The van der Waals surface area contributed by atoms with Crippen LogP contribution in [0.25, 0.3) is 0 Å². The van der Waals surface area contributed by atoms with Crippen LogP contribution in [0.15, 0.2) is 48.8 Å². The van der Waals surface area contributed by atoms with E-state index in [0.717, 1.165) is 11.6 Å². The van der Waals surface area contributed by atoms with Crippen molar-refractivity contribution in [3.05, 3.63) is 88.2 Å². The molecule has 0 unspecified atom stereocenters. The van der Waals surface area contributed by atoms with E-state index in [1.54, 1.807) is 38.4 Å². The summed E-state index contributed by atoms with van der Waals surface area (Å²) in [6.45, 7) is 3.88. The van der Waals surface area contributed by atoms with E-state index in [2.05, 4.69) is 10.3 Å². The number of rotatable bonds is 6. The minimum atomic E-state index is -1.10. The summed E-state index contributed by atoms with van der Waals surface area (Å²) in [5.41, 5.74) is 6.78. The van der Waals surface area contributed by atoms with E-state index in [-0.39, 0.29) is 11.3 Å². The molecule has 0 saturated heterocycles. The van der Waals surface area contributed by atoms with Crippen LogP contribution in [0.3, 0.4) is 0 Å². The molecule has 0 saturated carbocycles. The number of nitrogens with two attached hydrogens (primary N) is 1. The van der Waals surface area contributed by atoms with Gasteiger partial charge in [0.25, 0.3) is 11.8 Å². The molecule has 8 heteroatoms. The molecule has 6 nitrogen and oxygen atoms in total. The number of anilines is 1. The van der Waals surface area contributed by atoms with E-state index >= 15 is 0 Å². The summed E-state index contributed by atoms with van der Waals surface area (Å²) in [7, 11) is 0. The molecular weight excluding hydrogens is 392 g/mol. The fourth-order valence-corrected chi connectivity index (χ4v) is 2.98. The molecule has 0 aliphatic heterocycles. The van der Waals surface area contributed by atoms with Crippen molar-refractivity contribution >= 4 is 17.5 Å². The summed E-state index contributed by atoms with van der Waals surface area (Å²) >= 11 is 0. The Morgan fingerprint density at radius 1 is 1.10 bits per heavy atom. The van der Waals surface area contributed by atoms with Gasteiger partial charge in [-0.25, -0.2) is 8.78 Å². The smallest absolute Gasteiger partial charge is 0.255 e. The van der Waals surface area contributed by atoms with Crippen LogP contribution >= 0.6 is 0 Å². The van der Waals surface area contributed by atoms with Crippen LogP contribution in [0.5, 0.6) is 5.75 Å². The van der Waals surface area contributed by atoms with Gasteiger partial charge in [-0.3, -0.25) is 14.6 Å². The number of nitrogens with one attached hydrogen (secondary N) is 1. The molecule has 3 rings (SSSR count). The Hall–Kier alpha value is -3.81. The molecule has 0 fully saturated rings. The third-order valence-corrected chi connectivity index (χ3v) is 4.40. The molecule has 1 aromatic heterocycles. The van der Waals surface area contributed by atoms with Gasteiger partial charge in [0.2, 0.25) is 0 Å². The zero-order valence-corrected chi connectivity index (χ0v) is 16.3. The molecule has 3 N–H and O–H groups in total. The zero-order valence-electron chi connectivity index (χ0n) is 16.3. The first-order valence-corrected chi connectivity index (χ1v) is 8.99. The molecule has 0 atom stereocenters. The number of pyridine rings is 1. The number of nitrogens with zero attached hydrogens (tertiary/aromatic N) is 1. The topological polar surface area (TPSA) is 94.3 Å². The van der Waals surface area contributed by atoms with Crippen molar-refractivity contribution in [3.8, 4) is 5.75 Å². The number of hydrogen-bond donors (Lipinski definition) is 2. The minimum absolute atomic E-state index is 0.253. The number of primary amides is 1. The molecule has 0 aliphatic carbocycles. The van der Waals surface area contributed by atoms with Crippen molar-refractivity contribution in [1.29, 1.82) is 0 Å². The van der Waals surface area contributed by atoms with E-state index in [4.69, 9.17) is 10.5 Å². The van der Waals surface area contributed by atoms with Crippen molar-refractivity contribution in [2.75, 3.05) is 5.32 Å². The standard InChI is InChI=1S/C22H19F2N3O3/c1-12-6-15(7-13(2)20(12)30-11-14-4-3-5-26-10-14)22(29)27-19-8-16(21(25)28)17(23)9-18(19)24/h3-10H,11H2,1-2H3,(H2,25,28)(H,27,29). The van der Waals surface area contributed by atoms with Gasteiger partial charge in [-0.05, 0) is 49.2 Å². The van der Waals surface area contributed by atoms with Gasteiger partial charge in [-0.1, -0.05) is 6.07 Å². The number of carbonyl (C=O) groups excluding carboxylic acids is 2. The lowest BCUT2D eigenvalue weighted by molar-refractivity contribution is 0.0992. The third kappa shape index (κ3) is 4.60. The van der Waals surface area contributed by atoms with Crippen LogP contribution < -0.4 is 15.8 Å². The maximum Gasteiger partial charge on any atom is 0.255 e. The molecular formula is C22H19F2N3O3. The Morgan fingerprint density at radius 3 is 2.40 bits per heavy atom. The first-order chi connectivity index (χ1) is 14.3. The monoisotopic (exact) mass is 411 g/mol. The largest absolute Gasteiger partial charge is 0.488 e. The number of ether oxygens (including phenoxy) is 1. The molecule has 154 valence electrons. The maximum absolute atomic E-state index is 14.0. The van der Waals surface area contributed by atoms with Crippen LogP contribution in [0, 0.1) is 25.5 Å². The lowest BCUT2D eigenvalue weighted by Crippen LogP contribution is -2.17. The highest BCUT2D eigenvalue weighted by Crippen LogP contribution is 2.27. The van der Waals surface area contributed by atoms with Gasteiger partial charge in [0.1, 0.15) is 24.0 Å². The maximum atomic E-state index is 14.0. The molecule has 2 amide bonds. The molecule has 3 aromatic rings. The zero-order chi connectivity index (χ0) is 21.8. The van der Waals surface area contributed by atoms with Crippen LogP contribution in [0.4, 0.5) is 14.5 Å². The Morgan fingerprint density at radius 2 is 1.80 bits per heavy atom. The van der Waals surface area contributed by atoms with Crippen LogP contribution in [-0.4, -0.2) is 16.8 Å². The van der Waals surface area contributed by atoms with Crippen molar-refractivity contribution in [3.63, 3.8) is 0 Å². The predicted molar refractivity (Wildman–Crippen MR) is 107 cm³/mol. The number of amides is 2. The van der Waals surface area contributed by atoms with Gasteiger partial charge in [0.05, 0.1) is 11.3 Å². The molecule has 0 spiro atoms. The van der Waals surface area contributed by atoms with Crippen molar-refractivity contribution < 1.29 is 23.1 Å². The normalized spacial score (nSPS) is 10.5. The first-order valence-electron chi connectivity index (χ1n) is 8.99. The van der Waals surface area contributed by atoms with Crippen molar-refractivity contribution in [2.24, 2.45) is 5.73 Å². The number of halogens is 2. The second-order valence-electron chi connectivity index (χ2n) is 6.72. The lowest BCUT2D eigenvalue weighted by atomic mass is 10.0. The summed E-state index contributed by atoms with van der Waals surface area (Å²) in [4.78, 5) is 27.9. The lowest BCUT2D eigenvalue weighted by Gasteiger charge is -2.14. The second kappa shape index (κ2) is 8.69. The van der Waals surface area contributed by atoms with Gasteiger partial charge >= 0.3 is 0 Å². The van der Waals surface area contributed by atoms with E-state index in [1.807, 2.05) is 12.1 Å². The highest BCUT2D eigenvalue weighted by molar-refractivity contribution is 6.05. The number of aryl methyl sites for hydroxylation is 2. The van der Waals surface area contributed by atoms with E-state index < -0.39 is 29.0 Å². The van der Waals surface area contributed by atoms with Crippen molar-refractivity contribution in [1.82, 2.24) is 4.98 Å². The van der Waals surface area contributed by atoms with Gasteiger partial charge in [0.15, 0.2) is 0 Å². The first kappa shape index (κ1) is 20.9. The highest BCUT2D eigenvalue weighted by atomic mass is 19.1. The van der Waals surface area contributed by atoms with Gasteiger partial charge in [-0.15, -0.1) is 0 Å². The van der Waals surface area contributed by atoms with E-state index in [0.29, 0.717) is 29.5 Å². The minimum Gasteiger partial charge on any atom is -0.488 e. The highest BCUT2D eigenvalue weighted by Gasteiger charge is 2.17.